The first-order chi connectivity index (χ1) is 15.4. The zero-order chi connectivity index (χ0) is 23.1. The molecule has 3 rings (SSSR count). The van der Waals surface area contributed by atoms with Crippen molar-refractivity contribution in [3.05, 3.63) is 82.3 Å². The van der Waals surface area contributed by atoms with Crippen molar-refractivity contribution >= 4 is 38.5 Å². The maximum Gasteiger partial charge on any atom is 0.242 e. The Balaban J connectivity index is 1.79. The third-order valence-electron chi connectivity index (χ3n) is 5.90. The van der Waals surface area contributed by atoms with E-state index in [0.29, 0.717) is 19.4 Å². The van der Waals surface area contributed by atoms with Crippen molar-refractivity contribution < 1.29 is 9.59 Å². The van der Waals surface area contributed by atoms with Crippen LogP contribution in [-0.4, -0.2) is 28.8 Å². The highest BCUT2D eigenvalue weighted by Crippen LogP contribution is 2.21. The smallest absolute Gasteiger partial charge is 0.242 e. The Morgan fingerprint density at radius 3 is 2.47 bits per heavy atom. The van der Waals surface area contributed by atoms with Gasteiger partial charge in [0.05, 0.1) is 0 Å². The molecule has 0 heterocycles. The van der Waals surface area contributed by atoms with Crippen LogP contribution in [0.25, 0.3) is 10.8 Å². The first-order valence-electron chi connectivity index (χ1n) is 11.2. The van der Waals surface area contributed by atoms with E-state index in [4.69, 9.17) is 0 Å². The van der Waals surface area contributed by atoms with Crippen LogP contribution in [0.2, 0.25) is 0 Å². The Kier molecular flexibility index (Phi) is 8.46. The van der Waals surface area contributed by atoms with Crippen molar-refractivity contribution in [3.63, 3.8) is 0 Å². The SMILES string of the molecule is CC[C@H](C)NC(=O)[C@H](C)N(Cc1cccc(Br)c1)C(=O)CCc1cccc2ccccc12. The molecule has 0 aromatic heterocycles. The molecule has 5 heteroatoms. The highest BCUT2D eigenvalue weighted by molar-refractivity contribution is 9.10. The van der Waals surface area contributed by atoms with Gasteiger partial charge in [0.1, 0.15) is 6.04 Å². The molecular weight excluding hydrogens is 464 g/mol. The van der Waals surface area contributed by atoms with Crippen LogP contribution in [0, 0.1) is 0 Å². The lowest BCUT2D eigenvalue weighted by Gasteiger charge is -2.30. The maximum absolute atomic E-state index is 13.4. The normalized spacial score (nSPS) is 12.9. The van der Waals surface area contributed by atoms with Crippen LogP contribution in [0.15, 0.2) is 71.2 Å². The van der Waals surface area contributed by atoms with Gasteiger partial charge in [0.25, 0.3) is 0 Å². The summed E-state index contributed by atoms with van der Waals surface area (Å²) < 4.78 is 0.954. The number of fused-ring (bicyclic) bond motifs is 1. The Hall–Kier alpha value is -2.66. The van der Waals surface area contributed by atoms with Gasteiger partial charge >= 0.3 is 0 Å². The average molecular weight is 495 g/mol. The number of carbonyl (C=O) groups excluding carboxylic acids is 2. The third kappa shape index (κ3) is 6.19. The van der Waals surface area contributed by atoms with Crippen LogP contribution in [0.1, 0.15) is 44.7 Å². The van der Waals surface area contributed by atoms with E-state index in [9.17, 15) is 9.59 Å². The Bertz CT molecular complexity index is 1080. The summed E-state index contributed by atoms with van der Waals surface area (Å²) in [5, 5.41) is 5.36. The van der Waals surface area contributed by atoms with Crippen LogP contribution in [-0.2, 0) is 22.6 Å². The minimum atomic E-state index is -0.553. The van der Waals surface area contributed by atoms with E-state index in [1.54, 1.807) is 4.90 Å². The summed E-state index contributed by atoms with van der Waals surface area (Å²) in [6.07, 6.45) is 1.83. The minimum Gasteiger partial charge on any atom is -0.352 e. The molecule has 0 fully saturated rings. The topological polar surface area (TPSA) is 49.4 Å². The van der Waals surface area contributed by atoms with Crippen LogP contribution in [0.3, 0.4) is 0 Å². The maximum atomic E-state index is 13.4. The summed E-state index contributed by atoms with van der Waals surface area (Å²) >= 11 is 3.50. The molecule has 4 nitrogen and oxygen atoms in total. The molecule has 0 bridgehead atoms. The lowest BCUT2D eigenvalue weighted by atomic mass is 10.0. The number of amides is 2. The number of hydrogen-bond donors (Lipinski definition) is 1. The lowest BCUT2D eigenvalue weighted by molar-refractivity contribution is -0.140. The van der Waals surface area contributed by atoms with E-state index in [1.807, 2.05) is 63.2 Å². The molecule has 0 aliphatic heterocycles. The molecule has 0 aliphatic carbocycles. The highest BCUT2D eigenvalue weighted by atomic mass is 79.9. The summed E-state index contributed by atoms with van der Waals surface area (Å²) in [4.78, 5) is 27.9. The van der Waals surface area contributed by atoms with Crippen molar-refractivity contribution in [1.29, 1.82) is 0 Å². The predicted molar refractivity (Wildman–Crippen MR) is 134 cm³/mol. The van der Waals surface area contributed by atoms with Crippen molar-refractivity contribution in [1.82, 2.24) is 10.2 Å². The monoisotopic (exact) mass is 494 g/mol. The van der Waals surface area contributed by atoms with Crippen molar-refractivity contribution in [2.45, 2.75) is 58.7 Å². The lowest BCUT2D eigenvalue weighted by Crippen LogP contribution is -2.49. The Morgan fingerprint density at radius 1 is 1.00 bits per heavy atom. The van der Waals surface area contributed by atoms with Crippen LogP contribution < -0.4 is 5.32 Å². The molecule has 0 radical (unpaired) electrons. The van der Waals surface area contributed by atoms with Gasteiger partial charge in [-0.3, -0.25) is 9.59 Å². The van der Waals surface area contributed by atoms with Gasteiger partial charge in [-0.05, 0) is 60.7 Å². The number of nitrogens with zero attached hydrogens (tertiary/aromatic N) is 1. The Labute approximate surface area is 199 Å². The highest BCUT2D eigenvalue weighted by Gasteiger charge is 2.26. The summed E-state index contributed by atoms with van der Waals surface area (Å²) in [6.45, 7) is 6.21. The second-order valence-electron chi connectivity index (χ2n) is 8.28. The van der Waals surface area contributed by atoms with Gasteiger partial charge in [-0.25, -0.2) is 0 Å². The van der Waals surface area contributed by atoms with E-state index in [2.05, 4.69) is 45.5 Å². The number of hydrogen-bond acceptors (Lipinski definition) is 2. The molecular formula is C27H31BrN2O2. The molecule has 0 aliphatic rings. The molecule has 2 amide bonds. The molecule has 1 N–H and O–H groups in total. The molecule has 168 valence electrons. The number of carbonyl (C=O) groups is 2. The van der Waals surface area contributed by atoms with Gasteiger partial charge in [0, 0.05) is 23.5 Å². The quantitative estimate of drug-likeness (QED) is 0.404. The molecule has 2 atom stereocenters. The van der Waals surface area contributed by atoms with Crippen molar-refractivity contribution in [2.24, 2.45) is 0 Å². The molecule has 3 aromatic carbocycles. The number of nitrogens with one attached hydrogen (secondary N) is 1. The second kappa shape index (κ2) is 11.3. The van der Waals surface area contributed by atoms with Crippen molar-refractivity contribution in [2.75, 3.05) is 0 Å². The first-order valence-corrected chi connectivity index (χ1v) is 12.0. The molecule has 3 aromatic rings. The van der Waals surface area contributed by atoms with Gasteiger partial charge in [-0.2, -0.15) is 0 Å². The fourth-order valence-corrected chi connectivity index (χ4v) is 4.22. The standard InChI is InChI=1S/C27H31BrN2O2/c1-4-19(2)29-27(32)20(3)30(18-21-9-7-13-24(28)17-21)26(31)16-15-23-12-8-11-22-10-5-6-14-25(22)23/h5-14,17,19-20H,4,15-16,18H2,1-3H3,(H,29,32)/t19-,20-/m0/s1. The molecule has 0 unspecified atom stereocenters. The number of rotatable bonds is 9. The first kappa shape index (κ1) is 24.0. The average Bonchev–Trinajstić information content (AvgIpc) is 2.80. The fourth-order valence-electron chi connectivity index (χ4n) is 3.78. The van der Waals surface area contributed by atoms with E-state index in [1.165, 1.54) is 10.8 Å². The van der Waals surface area contributed by atoms with Gasteiger partial charge in [0.15, 0.2) is 0 Å². The van der Waals surface area contributed by atoms with E-state index < -0.39 is 6.04 Å². The van der Waals surface area contributed by atoms with E-state index in [-0.39, 0.29) is 17.9 Å². The van der Waals surface area contributed by atoms with E-state index >= 15 is 0 Å². The third-order valence-corrected chi connectivity index (χ3v) is 6.39. The van der Waals surface area contributed by atoms with Gasteiger partial charge in [0.2, 0.25) is 11.8 Å². The Morgan fingerprint density at radius 2 is 1.72 bits per heavy atom. The molecule has 0 spiro atoms. The zero-order valence-electron chi connectivity index (χ0n) is 19.0. The summed E-state index contributed by atoms with van der Waals surface area (Å²) in [5.74, 6) is -0.141. The van der Waals surface area contributed by atoms with Gasteiger partial charge in [-0.15, -0.1) is 0 Å². The van der Waals surface area contributed by atoms with Crippen LogP contribution >= 0.6 is 15.9 Å². The van der Waals surface area contributed by atoms with Crippen molar-refractivity contribution in [3.8, 4) is 0 Å². The van der Waals surface area contributed by atoms with Crippen LogP contribution in [0.5, 0.6) is 0 Å². The van der Waals surface area contributed by atoms with Gasteiger partial charge < -0.3 is 10.2 Å². The predicted octanol–water partition coefficient (Wildman–Crippen LogP) is 5.87. The summed E-state index contributed by atoms with van der Waals surface area (Å²) in [5.41, 5.74) is 2.14. The van der Waals surface area contributed by atoms with E-state index in [0.717, 1.165) is 22.0 Å². The zero-order valence-corrected chi connectivity index (χ0v) is 20.6. The minimum absolute atomic E-state index is 0.0234. The number of halogens is 1. The fraction of sp³-hybridized carbons (Fsp3) is 0.333. The molecule has 0 saturated carbocycles. The molecule has 32 heavy (non-hydrogen) atoms. The summed E-state index contributed by atoms with van der Waals surface area (Å²) in [7, 11) is 0. The largest absolute Gasteiger partial charge is 0.352 e. The number of aryl methyl sites for hydroxylation is 1. The number of benzene rings is 3. The second-order valence-corrected chi connectivity index (χ2v) is 9.20. The summed E-state index contributed by atoms with van der Waals surface area (Å²) in [6, 6.07) is 21.8. The van der Waals surface area contributed by atoms with Gasteiger partial charge in [-0.1, -0.05) is 77.5 Å². The van der Waals surface area contributed by atoms with Crippen LogP contribution in [0.4, 0.5) is 0 Å². The molecule has 0 saturated heterocycles.